The Hall–Kier alpha value is -3.24. The maximum absolute atomic E-state index is 13.3. The van der Waals surface area contributed by atoms with Crippen molar-refractivity contribution < 1.29 is 9.15 Å². The van der Waals surface area contributed by atoms with E-state index in [0.717, 1.165) is 16.8 Å². The van der Waals surface area contributed by atoms with Crippen LogP contribution >= 0.6 is 11.6 Å². The molecule has 4 aromatic rings. The largest absolute Gasteiger partial charge is 0.463 e. The number of ether oxygens (including phenoxy) is 1. The molecule has 2 aliphatic heterocycles. The van der Waals surface area contributed by atoms with Gasteiger partial charge in [0.2, 0.25) is 11.2 Å². The molecule has 3 aromatic carbocycles. The van der Waals surface area contributed by atoms with Gasteiger partial charge in [-0.15, -0.1) is 0 Å². The molecule has 0 fully saturated rings. The first-order valence-corrected chi connectivity index (χ1v) is 10.6. The minimum Gasteiger partial charge on any atom is -0.463 e. The van der Waals surface area contributed by atoms with Gasteiger partial charge in [-0.2, -0.15) is 0 Å². The highest BCUT2D eigenvalue weighted by Crippen LogP contribution is 2.55. The van der Waals surface area contributed by atoms with Crippen molar-refractivity contribution in [2.75, 3.05) is 11.9 Å². The van der Waals surface area contributed by atoms with E-state index in [4.69, 9.17) is 20.8 Å². The zero-order chi connectivity index (χ0) is 21.5. The van der Waals surface area contributed by atoms with Crippen molar-refractivity contribution in [2.45, 2.75) is 25.0 Å². The normalized spacial score (nSPS) is 20.8. The molecule has 1 unspecified atom stereocenters. The summed E-state index contributed by atoms with van der Waals surface area (Å²) >= 11 is 6.31. The molecule has 0 aliphatic carbocycles. The predicted octanol–water partition coefficient (Wildman–Crippen LogP) is 6.13. The first-order valence-electron chi connectivity index (χ1n) is 10.2. The van der Waals surface area contributed by atoms with Gasteiger partial charge in [-0.1, -0.05) is 23.7 Å². The smallest absolute Gasteiger partial charge is 0.211 e. The molecule has 154 valence electrons. The average Bonchev–Trinajstić information content (AvgIpc) is 2.91. The lowest BCUT2D eigenvalue weighted by molar-refractivity contribution is 0.0583. The summed E-state index contributed by atoms with van der Waals surface area (Å²) in [5, 5.41) is 1.81. The van der Waals surface area contributed by atoms with E-state index in [1.54, 1.807) is 6.07 Å². The van der Waals surface area contributed by atoms with Crippen LogP contribution in [0, 0.1) is 0 Å². The topological polar surface area (TPSA) is 42.7 Å². The molecule has 1 aromatic heterocycles. The second-order valence-electron chi connectivity index (χ2n) is 8.76. The van der Waals surface area contributed by atoms with Gasteiger partial charge in [0.15, 0.2) is 0 Å². The van der Waals surface area contributed by atoms with Gasteiger partial charge in [0, 0.05) is 23.3 Å². The van der Waals surface area contributed by atoms with Crippen LogP contribution in [0.1, 0.15) is 25.0 Å². The number of anilines is 1. The summed E-state index contributed by atoms with van der Waals surface area (Å²) in [4.78, 5) is 15.4. The Balaban J connectivity index is 1.59. The molecule has 6 rings (SSSR count). The fourth-order valence-corrected chi connectivity index (χ4v) is 5.33. The number of hydrogen-bond acceptors (Lipinski definition) is 4. The minimum atomic E-state index is -0.738. The highest BCUT2D eigenvalue weighted by molar-refractivity contribution is 6.30. The summed E-state index contributed by atoms with van der Waals surface area (Å²) < 4.78 is 12.7. The SMILES string of the molecule is CN1c2ccc(Cl)cc2C(C)(C)C12C=Cc1c(ccc3oc4ccccc4c(=O)c13)O2. The van der Waals surface area contributed by atoms with Gasteiger partial charge in [-0.25, -0.2) is 0 Å². The number of fused-ring (bicyclic) bond motifs is 5. The van der Waals surface area contributed by atoms with Crippen LogP contribution < -0.4 is 15.1 Å². The van der Waals surface area contributed by atoms with E-state index >= 15 is 0 Å². The Morgan fingerprint density at radius 2 is 1.81 bits per heavy atom. The van der Waals surface area contributed by atoms with E-state index in [1.165, 1.54) is 0 Å². The third-order valence-electron chi connectivity index (χ3n) is 6.87. The van der Waals surface area contributed by atoms with Crippen LogP contribution in [0.3, 0.4) is 0 Å². The quantitative estimate of drug-likeness (QED) is 0.315. The Labute approximate surface area is 184 Å². The van der Waals surface area contributed by atoms with Gasteiger partial charge in [0.25, 0.3) is 0 Å². The van der Waals surface area contributed by atoms with Crippen molar-refractivity contribution in [1.82, 2.24) is 0 Å². The zero-order valence-corrected chi connectivity index (χ0v) is 18.2. The maximum Gasteiger partial charge on any atom is 0.211 e. The van der Waals surface area contributed by atoms with Crippen LogP contribution in [0.4, 0.5) is 5.69 Å². The number of likely N-dealkylation sites (N-methyl/N-ethyl adjacent to an activating group) is 1. The third-order valence-corrected chi connectivity index (χ3v) is 7.11. The molecule has 0 saturated carbocycles. The molecule has 3 heterocycles. The summed E-state index contributed by atoms with van der Waals surface area (Å²) in [7, 11) is 2.03. The molecule has 31 heavy (non-hydrogen) atoms. The molecule has 0 bridgehead atoms. The Morgan fingerprint density at radius 3 is 2.65 bits per heavy atom. The highest BCUT2D eigenvalue weighted by atomic mass is 35.5. The number of benzene rings is 3. The second kappa shape index (κ2) is 5.92. The lowest BCUT2D eigenvalue weighted by Crippen LogP contribution is -2.58. The molecule has 1 atom stereocenters. The number of rotatable bonds is 0. The average molecular weight is 430 g/mol. The third kappa shape index (κ3) is 2.23. The summed E-state index contributed by atoms with van der Waals surface area (Å²) in [6.45, 7) is 4.31. The fourth-order valence-electron chi connectivity index (χ4n) is 5.16. The molecular formula is C26H20ClNO3. The van der Waals surface area contributed by atoms with Crippen molar-refractivity contribution in [3.63, 3.8) is 0 Å². The van der Waals surface area contributed by atoms with Crippen molar-refractivity contribution >= 4 is 45.3 Å². The molecule has 4 nitrogen and oxygen atoms in total. The molecule has 2 aliphatic rings. The van der Waals surface area contributed by atoms with E-state index in [2.05, 4.69) is 24.8 Å². The second-order valence-corrected chi connectivity index (χ2v) is 9.19. The fraction of sp³-hybridized carbons (Fsp3) is 0.192. The van der Waals surface area contributed by atoms with Crippen LogP contribution in [-0.2, 0) is 5.41 Å². The Morgan fingerprint density at radius 1 is 1.00 bits per heavy atom. The first-order chi connectivity index (χ1) is 14.8. The number of hydrogen-bond donors (Lipinski definition) is 0. The van der Waals surface area contributed by atoms with Crippen molar-refractivity contribution in [1.29, 1.82) is 0 Å². The number of para-hydroxylation sites is 1. The van der Waals surface area contributed by atoms with Gasteiger partial charge < -0.3 is 14.1 Å². The van der Waals surface area contributed by atoms with Crippen LogP contribution in [0.5, 0.6) is 5.75 Å². The Bertz CT molecular complexity index is 1500. The standard InChI is InChI=1S/C26H20ClNO3/c1-25(2)18-14-15(27)8-9-19(18)28(3)26(25)13-12-16-21(31-26)10-11-22-23(16)24(29)17-6-4-5-7-20(17)30-22/h4-14H,1-3H3. The zero-order valence-electron chi connectivity index (χ0n) is 17.4. The molecule has 0 amide bonds. The lowest BCUT2D eigenvalue weighted by atomic mass is 9.76. The van der Waals surface area contributed by atoms with Crippen molar-refractivity contribution in [2.24, 2.45) is 0 Å². The minimum absolute atomic E-state index is 0.0491. The van der Waals surface area contributed by atoms with Crippen LogP contribution in [0.2, 0.25) is 5.02 Å². The van der Waals surface area contributed by atoms with E-state index in [1.807, 2.05) is 61.7 Å². The molecule has 0 N–H and O–H groups in total. The molecular weight excluding hydrogens is 410 g/mol. The van der Waals surface area contributed by atoms with E-state index in [9.17, 15) is 4.79 Å². The van der Waals surface area contributed by atoms with E-state index in [0.29, 0.717) is 32.7 Å². The summed E-state index contributed by atoms with van der Waals surface area (Å²) in [5.74, 6) is 0.663. The number of nitrogens with zero attached hydrogens (tertiary/aromatic N) is 1. The van der Waals surface area contributed by atoms with Gasteiger partial charge >= 0.3 is 0 Å². The van der Waals surface area contributed by atoms with Crippen LogP contribution in [-0.4, -0.2) is 12.8 Å². The van der Waals surface area contributed by atoms with E-state index in [-0.39, 0.29) is 10.8 Å². The van der Waals surface area contributed by atoms with Gasteiger partial charge in [0.05, 0.1) is 16.2 Å². The maximum atomic E-state index is 13.3. The van der Waals surface area contributed by atoms with Gasteiger partial charge in [0.1, 0.15) is 16.9 Å². The monoisotopic (exact) mass is 429 g/mol. The molecule has 1 spiro atoms. The summed E-state index contributed by atoms with van der Waals surface area (Å²) in [6.07, 6.45) is 4.05. The van der Waals surface area contributed by atoms with Crippen LogP contribution in [0.15, 0.2) is 69.9 Å². The predicted molar refractivity (Wildman–Crippen MR) is 125 cm³/mol. The molecule has 0 saturated heterocycles. The summed E-state index contributed by atoms with van der Waals surface area (Å²) in [6, 6.07) is 17.0. The number of halogens is 1. The van der Waals surface area contributed by atoms with Gasteiger partial charge in [-0.05, 0) is 74.0 Å². The molecule has 5 heteroatoms. The summed E-state index contributed by atoms with van der Waals surface area (Å²) in [5.41, 5.74) is 2.93. The molecule has 0 radical (unpaired) electrons. The lowest BCUT2D eigenvalue weighted by Gasteiger charge is -2.45. The van der Waals surface area contributed by atoms with E-state index < -0.39 is 5.72 Å². The van der Waals surface area contributed by atoms with Crippen molar-refractivity contribution in [3.05, 3.63) is 87.0 Å². The van der Waals surface area contributed by atoms with Gasteiger partial charge in [-0.3, -0.25) is 4.79 Å². The Kier molecular flexibility index (Phi) is 3.54. The first kappa shape index (κ1) is 18.5. The van der Waals surface area contributed by atoms with Crippen LogP contribution in [0.25, 0.3) is 28.0 Å². The highest BCUT2D eigenvalue weighted by Gasteiger charge is 2.57. The van der Waals surface area contributed by atoms with Crippen molar-refractivity contribution in [3.8, 4) is 5.75 Å².